The first-order valence-corrected chi connectivity index (χ1v) is 9.51. The highest BCUT2D eigenvalue weighted by Gasteiger charge is 2.35. The van der Waals surface area contributed by atoms with E-state index in [2.05, 4.69) is 10.2 Å². The number of esters is 1. The molecule has 0 atom stereocenters. The maximum absolute atomic E-state index is 13.2. The molecule has 1 aromatic carbocycles. The van der Waals surface area contributed by atoms with Gasteiger partial charge in [0.1, 0.15) is 5.00 Å². The van der Waals surface area contributed by atoms with E-state index in [0.29, 0.717) is 13.0 Å². The minimum absolute atomic E-state index is 0.160. The molecule has 0 saturated carbocycles. The molecule has 28 heavy (non-hydrogen) atoms. The summed E-state index contributed by atoms with van der Waals surface area (Å²) in [4.78, 5) is 28.1. The Labute approximate surface area is 164 Å². The van der Waals surface area contributed by atoms with Crippen molar-refractivity contribution >= 4 is 28.2 Å². The van der Waals surface area contributed by atoms with Gasteiger partial charge in [0.2, 0.25) is 0 Å². The predicted molar refractivity (Wildman–Crippen MR) is 99.7 cm³/mol. The van der Waals surface area contributed by atoms with Crippen LogP contribution in [-0.2, 0) is 23.9 Å². The summed E-state index contributed by atoms with van der Waals surface area (Å²) in [6.07, 6.45) is -4.05. The lowest BCUT2D eigenvalue weighted by molar-refractivity contribution is -0.137. The molecule has 9 heteroatoms. The van der Waals surface area contributed by atoms with Crippen LogP contribution in [-0.4, -0.2) is 37.0 Å². The van der Waals surface area contributed by atoms with Crippen molar-refractivity contribution in [1.82, 2.24) is 4.90 Å². The third-order valence-corrected chi connectivity index (χ3v) is 5.56. The topological polar surface area (TPSA) is 58.6 Å². The highest BCUT2D eigenvalue weighted by Crippen LogP contribution is 2.38. The maximum Gasteiger partial charge on any atom is 0.417 e. The van der Waals surface area contributed by atoms with Crippen molar-refractivity contribution in [2.24, 2.45) is 0 Å². The number of carbonyl (C=O) groups is 2. The number of nitrogens with one attached hydrogen (secondary N) is 1. The second-order valence-corrected chi connectivity index (χ2v) is 7.52. The number of hydrogen-bond acceptors (Lipinski definition) is 5. The van der Waals surface area contributed by atoms with Crippen molar-refractivity contribution in [3.8, 4) is 0 Å². The number of anilines is 1. The summed E-state index contributed by atoms with van der Waals surface area (Å²) in [6.45, 7) is 3.16. The predicted octanol–water partition coefficient (Wildman–Crippen LogP) is 4.18. The fourth-order valence-corrected chi connectivity index (χ4v) is 4.45. The van der Waals surface area contributed by atoms with Gasteiger partial charge in [-0.1, -0.05) is 12.1 Å². The number of ether oxygens (including phenoxy) is 1. The largest absolute Gasteiger partial charge is 0.462 e. The minimum Gasteiger partial charge on any atom is -0.462 e. The molecule has 150 valence electrons. The lowest BCUT2D eigenvalue weighted by Gasteiger charge is -2.22. The average molecular weight is 412 g/mol. The molecule has 2 heterocycles. The second kappa shape index (κ2) is 7.92. The molecule has 1 N–H and O–H groups in total. The zero-order chi connectivity index (χ0) is 20.5. The number of thiophene rings is 1. The fraction of sp³-hybridized carbons (Fsp3) is 0.368. The molecule has 0 radical (unpaired) electrons. The Morgan fingerprint density at radius 2 is 2.00 bits per heavy atom. The summed E-state index contributed by atoms with van der Waals surface area (Å²) in [7, 11) is 1.94. The number of alkyl halides is 3. The summed E-state index contributed by atoms with van der Waals surface area (Å²) in [5.41, 5.74) is -0.478. The van der Waals surface area contributed by atoms with Gasteiger partial charge in [-0.05, 0) is 38.1 Å². The number of nitrogens with zero attached hydrogens (tertiary/aromatic N) is 1. The molecule has 1 amide bonds. The van der Waals surface area contributed by atoms with Crippen molar-refractivity contribution in [3.05, 3.63) is 51.4 Å². The molecular weight excluding hydrogens is 393 g/mol. The zero-order valence-corrected chi connectivity index (χ0v) is 16.2. The van der Waals surface area contributed by atoms with E-state index in [0.717, 1.165) is 29.1 Å². The molecule has 1 aromatic heterocycles. The van der Waals surface area contributed by atoms with Gasteiger partial charge < -0.3 is 15.0 Å². The summed E-state index contributed by atoms with van der Waals surface area (Å²) in [5.74, 6) is -1.49. The number of hydrogen-bond donors (Lipinski definition) is 1. The summed E-state index contributed by atoms with van der Waals surface area (Å²) in [5, 5.41) is 2.73. The minimum atomic E-state index is -4.66. The first-order valence-electron chi connectivity index (χ1n) is 8.70. The molecular formula is C19H19F3N2O3S. The second-order valence-electron chi connectivity index (χ2n) is 6.41. The molecule has 1 aliphatic heterocycles. The van der Waals surface area contributed by atoms with Gasteiger partial charge in [-0.25, -0.2) is 4.79 Å². The molecule has 0 aliphatic carbocycles. The van der Waals surface area contributed by atoms with E-state index < -0.39 is 29.2 Å². The quantitative estimate of drug-likeness (QED) is 0.766. The first-order chi connectivity index (χ1) is 13.2. The highest BCUT2D eigenvalue weighted by atomic mass is 32.1. The van der Waals surface area contributed by atoms with Crippen LogP contribution in [0.5, 0.6) is 0 Å². The van der Waals surface area contributed by atoms with Crippen molar-refractivity contribution in [2.75, 3.05) is 25.5 Å². The van der Waals surface area contributed by atoms with E-state index in [4.69, 9.17) is 4.74 Å². The zero-order valence-electron chi connectivity index (χ0n) is 15.4. The first kappa shape index (κ1) is 20.3. The Hall–Kier alpha value is -2.39. The lowest BCUT2D eigenvalue weighted by Crippen LogP contribution is -2.26. The van der Waals surface area contributed by atoms with Crippen LogP contribution < -0.4 is 5.32 Å². The van der Waals surface area contributed by atoms with Crippen LogP contribution in [0.3, 0.4) is 0 Å². The normalized spacial score (nSPS) is 14.5. The lowest BCUT2D eigenvalue weighted by atomic mass is 10.0. The Bertz CT molecular complexity index is 908. The van der Waals surface area contributed by atoms with E-state index in [-0.39, 0.29) is 17.2 Å². The molecule has 1 aliphatic rings. The molecule has 2 aromatic rings. The van der Waals surface area contributed by atoms with Crippen LogP contribution in [0.1, 0.15) is 43.6 Å². The van der Waals surface area contributed by atoms with Gasteiger partial charge in [0.05, 0.1) is 23.3 Å². The monoisotopic (exact) mass is 412 g/mol. The van der Waals surface area contributed by atoms with Gasteiger partial charge in [0, 0.05) is 18.0 Å². The molecule has 5 nitrogen and oxygen atoms in total. The number of amides is 1. The van der Waals surface area contributed by atoms with E-state index in [1.54, 1.807) is 6.92 Å². The van der Waals surface area contributed by atoms with Crippen molar-refractivity contribution in [3.63, 3.8) is 0 Å². The van der Waals surface area contributed by atoms with E-state index in [9.17, 15) is 22.8 Å². The van der Waals surface area contributed by atoms with Crippen LogP contribution in [0.4, 0.5) is 18.2 Å². The maximum atomic E-state index is 13.2. The fourth-order valence-electron chi connectivity index (χ4n) is 3.14. The third-order valence-electron chi connectivity index (χ3n) is 4.43. The van der Waals surface area contributed by atoms with Crippen LogP contribution in [0.2, 0.25) is 0 Å². The summed E-state index contributed by atoms with van der Waals surface area (Å²) >= 11 is 1.20. The number of halogens is 3. The molecule has 0 fully saturated rings. The van der Waals surface area contributed by atoms with E-state index >= 15 is 0 Å². The molecule has 0 spiro atoms. The van der Waals surface area contributed by atoms with Gasteiger partial charge in [0.25, 0.3) is 5.91 Å². The molecule has 0 saturated heterocycles. The standard InChI is InChI=1S/C19H19F3N2O3S/c1-3-27-18(26)15-12-8-9-24(2)10-14(12)28-17(15)23-16(25)11-6-4-5-7-13(11)19(20,21)22/h4-7H,3,8-10H2,1-2H3,(H,23,25). The van der Waals surface area contributed by atoms with Gasteiger partial charge in [-0.3, -0.25) is 4.79 Å². The molecule has 0 bridgehead atoms. The number of benzene rings is 1. The molecule has 0 unspecified atom stereocenters. The summed E-state index contributed by atoms with van der Waals surface area (Å²) < 4.78 is 44.8. The van der Waals surface area contributed by atoms with Gasteiger partial charge in [-0.15, -0.1) is 11.3 Å². The Kier molecular flexibility index (Phi) is 5.76. The summed E-state index contributed by atoms with van der Waals surface area (Å²) in [6, 6.07) is 4.56. The third kappa shape index (κ3) is 4.05. The van der Waals surface area contributed by atoms with Gasteiger partial charge in [-0.2, -0.15) is 13.2 Å². The number of rotatable bonds is 4. The smallest absolute Gasteiger partial charge is 0.417 e. The number of fused-ring (bicyclic) bond motifs is 1. The number of likely N-dealkylation sites (N-methyl/N-ethyl adjacent to an activating group) is 1. The SMILES string of the molecule is CCOC(=O)c1c(NC(=O)c2ccccc2C(F)(F)F)sc2c1CCN(C)C2. The van der Waals surface area contributed by atoms with Crippen LogP contribution in [0.15, 0.2) is 24.3 Å². The van der Waals surface area contributed by atoms with Crippen LogP contribution in [0.25, 0.3) is 0 Å². The average Bonchev–Trinajstić information content (AvgIpc) is 2.98. The Balaban J connectivity index is 1.99. The van der Waals surface area contributed by atoms with Crippen LogP contribution >= 0.6 is 11.3 Å². The van der Waals surface area contributed by atoms with E-state index in [1.807, 2.05) is 7.05 Å². The Morgan fingerprint density at radius 1 is 1.29 bits per heavy atom. The van der Waals surface area contributed by atoms with Gasteiger partial charge >= 0.3 is 12.1 Å². The van der Waals surface area contributed by atoms with Crippen molar-refractivity contribution in [1.29, 1.82) is 0 Å². The van der Waals surface area contributed by atoms with Crippen molar-refractivity contribution in [2.45, 2.75) is 26.1 Å². The number of carbonyl (C=O) groups excluding carboxylic acids is 2. The Morgan fingerprint density at radius 3 is 2.68 bits per heavy atom. The molecule has 3 rings (SSSR count). The van der Waals surface area contributed by atoms with Gasteiger partial charge in [0.15, 0.2) is 0 Å². The van der Waals surface area contributed by atoms with Crippen LogP contribution in [0, 0.1) is 0 Å². The van der Waals surface area contributed by atoms with Crippen molar-refractivity contribution < 1.29 is 27.5 Å². The van der Waals surface area contributed by atoms with E-state index in [1.165, 1.54) is 23.5 Å². The highest BCUT2D eigenvalue weighted by molar-refractivity contribution is 7.17.